The average molecular weight is 276 g/mol. The van der Waals surface area contributed by atoms with Gasteiger partial charge in [0, 0.05) is 18.8 Å². The lowest BCUT2D eigenvalue weighted by Crippen LogP contribution is -2.34. The number of amides is 2. The summed E-state index contributed by atoms with van der Waals surface area (Å²) in [5, 5.41) is 11.9. The van der Waals surface area contributed by atoms with Crippen LogP contribution in [-0.4, -0.2) is 35.1 Å². The summed E-state index contributed by atoms with van der Waals surface area (Å²) in [6, 6.07) is 4.73. The van der Waals surface area contributed by atoms with Crippen molar-refractivity contribution in [1.29, 1.82) is 0 Å². The minimum Gasteiger partial charge on any atom is -0.478 e. The van der Waals surface area contributed by atoms with E-state index in [1.165, 1.54) is 6.07 Å². The summed E-state index contributed by atoms with van der Waals surface area (Å²) in [6.45, 7) is 7.42. The van der Waals surface area contributed by atoms with Gasteiger partial charge in [-0.3, -0.25) is 0 Å². The molecule has 1 aromatic rings. The zero-order valence-corrected chi connectivity index (χ0v) is 12.1. The van der Waals surface area contributed by atoms with Crippen molar-refractivity contribution < 1.29 is 14.7 Å². The molecule has 0 radical (unpaired) electrons. The number of anilines is 1. The molecule has 1 saturated heterocycles. The molecule has 0 bridgehead atoms. The van der Waals surface area contributed by atoms with Crippen LogP contribution < -0.4 is 5.32 Å². The Bertz CT molecular complexity index is 552. The van der Waals surface area contributed by atoms with Gasteiger partial charge in [-0.1, -0.05) is 19.9 Å². The van der Waals surface area contributed by atoms with Gasteiger partial charge in [-0.25, -0.2) is 9.59 Å². The molecule has 0 aliphatic carbocycles. The summed E-state index contributed by atoms with van der Waals surface area (Å²) in [6.07, 6.45) is 0.981. The van der Waals surface area contributed by atoms with Gasteiger partial charge in [0.2, 0.25) is 0 Å². The minimum atomic E-state index is -0.985. The fourth-order valence-corrected chi connectivity index (χ4v) is 2.48. The van der Waals surface area contributed by atoms with E-state index >= 15 is 0 Å². The van der Waals surface area contributed by atoms with Crippen LogP contribution in [0.4, 0.5) is 10.5 Å². The maximum atomic E-state index is 12.2. The summed E-state index contributed by atoms with van der Waals surface area (Å²) < 4.78 is 0. The number of urea groups is 1. The fourth-order valence-electron chi connectivity index (χ4n) is 2.48. The van der Waals surface area contributed by atoms with Crippen LogP contribution >= 0.6 is 0 Å². The number of hydrogen-bond acceptors (Lipinski definition) is 2. The van der Waals surface area contributed by atoms with Crippen molar-refractivity contribution in [2.24, 2.45) is 5.41 Å². The van der Waals surface area contributed by atoms with Crippen molar-refractivity contribution in [3.05, 3.63) is 29.3 Å². The summed E-state index contributed by atoms with van der Waals surface area (Å²) >= 11 is 0. The Morgan fingerprint density at radius 2 is 2.05 bits per heavy atom. The summed E-state index contributed by atoms with van der Waals surface area (Å²) in [7, 11) is 0. The van der Waals surface area contributed by atoms with Gasteiger partial charge in [0.05, 0.1) is 5.56 Å². The second-order valence-electron chi connectivity index (χ2n) is 6.05. The number of benzene rings is 1. The third-order valence-corrected chi connectivity index (χ3v) is 3.77. The number of rotatable bonds is 2. The Hall–Kier alpha value is -2.04. The fraction of sp³-hybridized carbons (Fsp3) is 0.467. The number of carbonyl (C=O) groups is 2. The topological polar surface area (TPSA) is 69.6 Å². The zero-order chi connectivity index (χ0) is 14.9. The SMILES string of the molecule is Cc1c(NC(=O)N2CCC(C)(C)C2)cccc1C(=O)O. The second kappa shape index (κ2) is 5.15. The molecule has 0 saturated carbocycles. The van der Waals surface area contributed by atoms with Crippen LogP contribution in [0.5, 0.6) is 0 Å². The smallest absolute Gasteiger partial charge is 0.336 e. The summed E-state index contributed by atoms with van der Waals surface area (Å²) in [5.41, 5.74) is 1.49. The van der Waals surface area contributed by atoms with Gasteiger partial charge in [0.1, 0.15) is 0 Å². The van der Waals surface area contributed by atoms with Gasteiger partial charge < -0.3 is 15.3 Å². The van der Waals surface area contributed by atoms with E-state index in [0.717, 1.165) is 19.5 Å². The average Bonchev–Trinajstić information content (AvgIpc) is 2.72. The van der Waals surface area contributed by atoms with Crippen LogP contribution in [0.15, 0.2) is 18.2 Å². The second-order valence-corrected chi connectivity index (χ2v) is 6.05. The molecule has 1 aromatic carbocycles. The molecule has 5 heteroatoms. The Labute approximate surface area is 118 Å². The number of carboxylic acids is 1. The first-order valence-electron chi connectivity index (χ1n) is 6.69. The first kappa shape index (κ1) is 14.4. The Morgan fingerprint density at radius 1 is 1.35 bits per heavy atom. The van der Waals surface area contributed by atoms with Gasteiger partial charge in [-0.05, 0) is 36.5 Å². The molecule has 1 aliphatic rings. The molecule has 20 heavy (non-hydrogen) atoms. The third-order valence-electron chi connectivity index (χ3n) is 3.77. The van der Waals surface area contributed by atoms with Crippen molar-refractivity contribution in [2.45, 2.75) is 27.2 Å². The summed E-state index contributed by atoms with van der Waals surface area (Å²) in [4.78, 5) is 25.1. The van der Waals surface area contributed by atoms with E-state index in [1.807, 2.05) is 0 Å². The monoisotopic (exact) mass is 276 g/mol. The molecule has 0 spiro atoms. The van der Waals surface area contributed by atoms with Crippen molar-refractivity contribution in [2.75, 3.05) is 18.4 Å². The van der Waals surface area contributed by atoms with E-state index in [4.69, 9.17) is 5.11 Å². The van der Waals surface area contributed by atoms with Crippen molar-refractivity contribution in [3.63, 3.8) is 0 Å². The highest BCUT2D eigenvalue weighted by atomic mass is 16.4. The highest BCUT2D eigenvalue weighted by Gasteiger charge is 2.32. The van der Waals surface area contributed by atoms with Crippen LogP contribution in [0.1, 0.15) is 36.2 Å². The molecule has 2 amide bonds. The molecule has 1 fully saturated rings. The number of likely N-dealkylation sites (tertiary alicyclic amines) is 1. The number of carboxylic acid groups (broad SMARTS) is 1. The number of hydrogen-bond donors (Lipinski definition) is 2. The lowest BCUT2D eigenvalue weighted by molar-refractivity contribution is 0.0696. The highest BCUT2D eigenvalue weighted by Crippen LogP contribution is 2.29. The van der Waals surface area contributed by atoms with Crippen molar-refractivity contribution >= 4 is 17.7 Å². The van der Waals surface area contributed by atoms with Gasteiger partial charge in [0.25, 0.3) is 0 Å². The minimum absolute atomic E-state index is 0.148. The number of nitrogens with one attached hydrogen (secondary N) is 1. The Kier molecular flexibility index (Phi) is 3.70. The molecular formula is C15H20N2O3. The first-order chi connectivity index (χ1) is 9.30. The Balaban J connectivity index is 2.13. The molecule has 1 aliphatic heterocycles. The van der Waals surface area contributed by atoms with E-state index in [0.29, 0.717) is 11.3 Å². The van der Waals surface area contributed by atoms with Crippen LogP contribution in [0.25, 0.3) is 0 Å². The van der Waals surface area contributed by atoms with Crippen molar-refractivity contribution in [3.8, 4) is 0 Å². The van der Waals surface area contributed by atoms with Crippen LogP contribution in [0, 0.1) is 12.3 Å². The van der Waals surface area contributed by atoms with Gasteiger partial charge in [0.15, 0.2) is 0 Å². The molecule has 0 atom stereocenters. The molecule has 5 nitrogen and oxygen atoms in total. The molecule has 108 valence electrons. The predicted octanol–water partition coefficient (Wildman–Crippen LogP) is 2.96. The molecule has 0 unspecified atom stereocenters. The van der Waals surface area contributed by atoms with Crippen LogP contribution in [-0.2, 0) is 0 Å². The van der Waals surface area contributed by atoms with Crippen LogP contribution in [0.3, 0.4) is 0 Å². The summed E-state index contributed by atoms with van der Waals surface area (Å²) in [5.74, 6) is -0.985. The largest absolute Gasteiger partial charge is 0.478 e. The first-order valence-corrected chi connectivity index (χ1v) is 6.69. The normalized spacial score (nSPS) is 17.1. The lowest BCUT2D eigenvalue weighted by Gasteiger charge is -2.21. The van der Waals surface area contributed by atoms with Gasteiger partial charge in [-0.15, -0.1) is 0 Å². The highest BCUT2D eigenvalue weighted by molar-refractivity contribution is 5.95. The predicted molar refractivity (Wildman–Crippen MR) is 77.1 cm³/mol. The van der Waals surface area contributed by atoms with E-state index in [1.54, 1.807) is 24.0 Å². The van der Waals surface area contributed by atoms with Gasteiger partial charge in [-0.2, -0.15) is 0 Å². The molecular weight excluding hydrogens is 256 g/mol. The van der Waals surface area contributed by atoms with Crippen molar-refractivity contribution in [1.82, 2.24) is 4.90 Å². The van der Waals surface area contributed by atoms with E-state index in [2.05, 4.69) is 19.2 Å². The number of aromatic carboxylic acids is 1. The Morgan fingerprint density at radius 3 is 2.60 bits per heavy atom. The lowest BCUT2D eigenvalue weighted by atomic mass is 9.93. The number of nitrogens with zero attached hydrogens (tertiary/aromatic N) is 1. The maximum absolute atomic E-state index is 12.2. The number of carbonyl (C=O) groups excluding carboxylic acids is 1. The van der Waals surface area contributed by atoms with Gasteiger partial charge >= 0.3 is 12.0 Å². The molecule has 0 aromatic heterocycles. The quantitative estimate of drug-likeness (QED) is 0.872. The maximum Gasteiger partial charge on any atom is 0.336 e. The standard InChI is InChI=1S/C15H20N2O3/c1-10-11(13(18)19)5-4-6-12(10)16-14(20)17-8-7-15(2,3)9-17/h4-6H,7-9H2,1-3H3,(H,16,20)(H,18,19). The molecule has 2 rings (SSSR count). The van der Waals surface area contributed by atoms with E-state index in [-0.39, 0.29) is 17.0 Å². The van der Waals surface area contributed by atoms with Crippen LogP contribution in [0.2, 0.25) is 0 Å². The zero-order valence-electron chi connectivity index (χ0n) is 12.1. The molecule has 2 N–H and O–H groups in total. The van der Waals surface area contributed by atoms with E-state index in [9.17, 15) is 9.59 Å². The third kappa shape index (κ3) is 2.92. The van der Waals surface area contributed by atoms with E-state index < -0.39 is 5.97 Å². The molecule has 1 heterocycles.